The first-order valence-corrected chi connectivity index (χ1v) is 26.3. The van der Waals surface area contributed by atoms with Crippen LogP contribution in [0.15, 0.2) is 231 Å². The number of nitrogens with one attached hydrogen (secondary N) is 4. The summed E-state index contributed by atoms with van der Waals surface area (Å²) in [5.74, 6) is 0. The van der Waals surface area contributed by atoms with E-state index in [9.17, 15) is 0 Å². The van der Waals surface area contributed by atoms with Gasteiger partial charge in [0.05, 0.1) is 0 Å². The number of hydrogen-bond donors (Lipinski definition) is 4. The second-order valence-corrected chi connectivity index (χ2v) is 25.2. The van der Waals surface area contributed by atoms with Crippen molar-refractivity contribution in [2.45, 2.75) is 0 Å². The van der Waals surface area contributed by atoms with Gasteiger partial charge in [-0.3, -0.25) is 0 Å². The average Bonchev–Trinajstić information content (AvgIpc) is 3.29. The molecule has 0 aromatic heterocycles. The normalized spacial score (nSPS) is 11.0. The maximum absolute atomic E-state index is 3.62. The number of hydrazine groups is 2. The molecular formula is C48H42N4P2Se2. The average molecular weight is 895 g/mol. The van der Waals surface area contributed by atoms with E-state index in [0.29, 0.717) is 0 Å². The van der Waals surface area contributed by atoms with Gasteiger partial charge in [-0.25, -0.2) is 0 Å². The first-order chi connectivity index (χ1) is 27.6. The van der Waals surface area contributed by atoms with E-state index in [0.717, 1.165) is 22.7 Å². The van der Waals surface area contributed by atoms with E-state index in [1.165, 1.54) is 31.8 Å². The van der Waals surface area contributed by atoms with Crippen LogP contribution in [-0.2, 0) is 0 Å². The van der Waals surface area contributed by atoms with E-state index in [1.54, 1.807) is 0 Å². The summed E-state index contributed by atoms with van der Waals surface area (Å²) in [6.45, 7) is 0. The SMILES string of the molecule is [Se]=P(c1ccccc1)(c1ccccc1)c1ccccc1NNc1ccccc1.[Se]=P(c1ccccc1)(c1ccccc1)c1ccccc1NNc1ccccc1. The van der Waals surface area contributed by atoms with Crippen molar-refractivity contribution in [3.8, 4) is 0 Å². The zero-order valence-electron chi connectivity index (χ0n) is 30.7. The molecule has 0 amide bonds. The monoisotopic (exact) mass is 896 g/mol. The predicted octanol–water partition coefficient (Wildman–Crippen LogP) is 9.01. The zero-order chi connectivity index (χ0) is 38.5. The fourth-order valence-electron chi connectivity index (χ4n) is 6.44. The van der Waals surface area contributed by atoms with Crippen molar-refractivity contribution in [1.82, 2.24) is 0 Å². The van der Waals surface area contributed by atoms with Gasteiger partial charge in [0, 0.05) is 0 Å². The molecule has 0 atom stereocenters. The van der Waals surface area contributed by atoms with Crippen LogP contribution in [0, 0.1) is 0 Å². The summed E-state index contributed by atoms with van der Waals surface area (Å²) in [7, 11) is 0. The fraction of sp³-hybridized carbons (Fsp3) is 0. The van der Waals surface area contributed by atoms with Crippen molar-refractivity contribution in [2.24, 2.45) is 0 Å². The Morgan fingerprint density at radius 3 is 0.768 bits per heavy atom. The topological polar surface area (TPSA) is 48.1 Å². The van der Waals surface area contributed by atoms with Crippen molar-refractivity contribution in [1.29, 1.82) is 0 Å². The van der Waals surface area contributed by atoms with Crippen molar-refractivity contribution in [2.75, 3.05) is 21.7 Å². The molecule has 0 fully saturated rings. The van der Waals surface area contributed by atoms with Gasteiger partial charge in [0.15, 0.2) is 0 Å². The quantitative estimate of drug-likeness (QED) is 0.0563. The van der Waals surface area contributed by atoms with Crippen LogP contribution in [0.2, 0.25) is 0 Å². The molecule has 276 valence electrons. The molecule has 8 rings (SSSR count). The summed E-state index contributed by atoms with van der Waals surface area (Å²) in [5.41, 5.74) is 13.9. The van der Waals surface area contributed by atoms with Crippen molar-refractivity contribution in [3.63, 3.8) is 0 Å². The van der Waals surface area contributed by atoms with Gasteiger partial charge in [0.25, 0.3) is 0 Å². The number of benzene rings is 8. The van der Waals surface area contributed by atoms with Crippen LogP contribution in [0.25, 0.3) is 0 Å². The van der Waals surface area contributed by atoms with Gasteiger partial charge >= 0.3 is 348 Å². The van der Waals surface area contributed by atoms with Crippen LogP contribution in [0.3, 0.4) is 0 Å². The molecule has 8 heteroatoms. The van der Waals surface area contributed by atoms with Crippen LogP contribution in [0.4, 0.5) is 22.7 Å². The molecule has 8 aromatic carbocycles. The first kappa shape index (κ1) is 39.1. The molecule has 0 aliphatic heterocycles. The van der Waals surface area contributed by atoms with Crippen LogP contribution in [0.1, 0.15) is 0 Å². The molecular weight excluding hydrogens is 852 g/mol. The zero-order valence-corrected chi connectivity index (χ0v) is 35.9. The van der Waals surface area contributed by atoms with E-state index in [1.807, 2.05) is 60.7 Å². The van der Waals surface area contributed by atoms with Crippen LogP contribution in [-0.4, -0.2) is 30.2 Å². The van der Waals surface area contributed by atoms with Gasteiger partial charge in [-0.1, -0.05) is 0 Å². The van der Waals surface area contributed by atoms with E-state index in [4.69, 9.17) is 0 Å². The molecule has 0 bridgehead atoms. The van der Waals surface area contributed by atoms with Gasteiger partial charge in [-0.2, -0.15) is 0 Å². The molecule has 0 unspecified atom stereocenters. The minimum atomic E-state index is -1.91. The maximum atomic E-state index is 3.62. The summed E-state index contributed by atoms with van der Waals surface area (Å²) in [6.07, 6.45) is 0. The van der Waals surface area contributed by atoms with Crippen molar-refractivity contribution in [3.05, 3.63) is 231 Å². The third-order valence-electron chi connectivity index (χ3n) is 9.20. The molecule has 0 aliphatic carbocycles. The second kappa shape index (κ2) is 19.1. The molecule has 0 saturated heterocycles. The molecule has 4 N–H and O–H groups in total. The summed E-state index contributed by atoms with van der Waals surface area (Å²) in [6, 6.07) is 80.3. The van der Waals surface area contributed by atoms with Crippen LogP contribution < -0.4 is 53.5 Å². The van der Waals surface area contributed by atoms with E-state index < -0.39 is 11.0 Å². The van der Waals surface area contributed by atoms with Gasteiger partial charge < -0.3 is 0 Å². The second-order valence-electron chi connectivity index (χ2n) is 12.8. The molecule has 0 radical (unpaired) electrons. The molecule has 0 aliphatic rings. The molecule has 0 spiro atoms. The Labute approximate surface area is 345 Å². The number of para-hydroxylation sites is 4. The predicted molar refractivity (Wildman–Crippen MR) is 249 cm³/mol. The van der Waals surface area contributed by atoms with Gasteiger partial charge in [0.1, 0.15) is 0 Å². The van der Waals surface area contributed by atoms with E-state index >= 15 is 0 Å². The van der Waals surface area contributed by atoms with Gasteiger partial charge in [0.2, 0.25) is 0 Å². The Kier molecular flexibility index (Phi) is 13.4. The standard InChI is InChI=1S/2C24H21N2PSe/c2*28-27(21-14-6-2-7-15-21,22-16-8-3-9-17-22)24-19-11-10-18-23(24)26-25-20-12-4-1-5-13-20/h2*1-19,25-26H. The van der Waals surface area contributed by atoms with Crippen LogP contribution >= 0.6 is 11.0 Å². The van der Waals surface area contributed by atoms with E-state index in [-0.39, 0.29) is 0 Å². The Morgan fingerprint density at radius 1 is 0.250 bits per heavy atom. The first-order valence-electron chi connectivity index (χ1n) is 18.3. The summed E-state index contributed by atoms with van der Waals surface area (Å²) < 4.78 is 0. The molecule has 0 heterocycles. The Morgan fingerprint density at radius 2 is 0.482 bits per heavy atom. The summed E-state index contributed by atoms with van der Waals surface area (Å²) in [5, 5.41) is 7.81. The van der Waals surface area contributed by atoms with Gasteiger partial charge in [-0.05, 0) is 0 Å². The summed E-state index contributed by atoms with van der Waals surface area (Å²) >= 11 is 7.24. The number of anilines is 4. The molecule has 0 saturated carbocycles. The van der Waals surface area contributed by atoms with Crippen LogP contribution in [0.5, 0.6) is 0 Å². The third-order valence-corrected chi connectivity index (χ3v) is 23.2. The molecule has 56 heavy (non-hydrogen) atoms. The van der Waals surface area contributed by atoms with Gasteiger partial charge in [-0.15, -0.1) is 0 Å². The fourth-order valence-corrected chi connectivity index (χ4v) is 17.1. The Hall–Kier alpha value is -5.14. The van der Waals surface area contributed by atoms with Crippen molar-refractivity contribution >= 4 is 95.8 Å². The Bertz CT molecular complexity index is 2260. The molecule has 4 nitrogen and oxygen atoms in total. The van der Waals surface area contributed by atoms with Crippen molar-refractivity contribution < 1.29 is 0 Å². The Balaban J connectivity index is 0.000000172. The van der Waals surface area contributed by atoms with E-state index in [2.05, 4.69) is 222 Å². The molecule has 8 aromatic rings. The number of rotatable bonds is 12. The summed E-state index contributed by atoms with van der Waals surface area (Å²) in [4.78, 5) is 0. The number of hydrogen-bond acceptors (Lipinski definition) is 4. The minimum absolute atomic E-state index is 1.03. The third kappa shape index (κ3) is 9.11.